The fourth-order valence-electron chi connectivity index (χ4n) is 1.79. The monoisotopic (exact) mass is 283 g/mol. The van der Waals surface area contributed by atoms with Crippen LogP contribution in [0.5, 0.6) is 0 Å². The molecule has 0 saturated heterocycles. The van der Waals surface area contributed by atoms with Crippen LogP contribution in [0.4, 0.5) is 5.82 Å². The molecule has 0 saturated carbocycles. The average molecular weight is 283 g/mol. The molecular formula is C13H21N3S2. The first-order valence-electron chi connectivity index (χ1n) is 6.00. The summed E-state index contributed by atoms with van der Waals surface area (Å²) in [7, 11) is 0. The van der Waals surface area contributed by atoms with Crippen molar-refractivity contribution >= 4 is 34.8 Å². The van der Waals surface area contributed by atoms with E-state index < -0.39 is 0 Å². The lowest BCUT2D eigenvalue weighted by molar-refractivity contribution is 0.848. The Labute approximate surface area is 119 Å². The fraction of sp³-hybridized carbons (Fsp3) is 0.538. The third kappa shape index (κ3) is 4.14. The summed E-state index contributed by atoms with van der Waals surface area (Å²) in [6, 6.07) is 2.00. The summed E-state index contributed by atoms with van der Waals surface area (Å²) in [6.07, 6.45) is 3.22. The van der Waals surface area contributed by atoms with E-state index in [2.05, 4.69) is 23.5 Å². The molecule has 100 valence electrons. The number of pyridine rings is 1. The number of aryl methyl sites for hydroxylation is 2. The molecule has 0 radical (unpaired) electrons. The molecule has 1 heterocycles. The van der Waals surface area contributed by atoms with E-state index in [9.17, 15) is 0 Å². The highest BCUT2D eigenvalue weighted by molar-refractivity contribution is 7.99. The minimum atomic E-state index is 0.403. The van der Waals surface area contributed by atoms with Crippen LogP contribution in [-0.2, 0) is 0 Å². The molecule has 5 heteroatoms. The van der Waals surface area contributed by atoms with Crippen LogP contribution in [0.3, 0.4) is 0 Å². The molecule has 0 aromatic carbocycles. The predicted molar refractivity (Wildman–Crippen MR) is 85.7 cm³/mol. The van der Waals surface area contributed by atoms with Gasteiger partial charge in [-0.15, -0.1) is 0 Å². The number of anilines is 1. The van der Waals surface area contributed by atoms with Crippen LogP contribution in [0.2, 0.25) is 0 Å². The molecule has 3 nitrogen and oxygen atoms in total. The maximum Gasteiger partial charge on any atom is 0.136 e. The van der Waals surface area contributed by atoms with Gasteiger partial charge in [-0.25, -0.2) is 4.98 Å². The smallest absolute Gasteiger partial charge is 0.136 e. The van der Waals surface area contributed by atoms with E-state index in [-0.39, 0.29) is 0 Å². The first-order valence-corrected chi connectivity index (χ1v) is 7.70. The van der Waals surface area contributed by atoms with Crippen molar-refractivity contribution in [2.24, 2.45) is 5.73 Å². The summed E-state index contributed by atoms with van der Waals surface area (Å²) in [4.78, 5) is 4.90. The van der Waals surface area contributed by atoms with Gasteiger partial charge in [-0.1, -0.05) is 19.1 Å². The molecule has 1 aromatic rings. The molecule has 1 rings (SSSR count). The number of hydrogen-bond donors (Lipinski definition) is 2. The van der Waals surface area contributed by atoms with Gasteiger partial charge in [0.25, 0.3) is 0 Å². The molecular weight excluding hydrogens is 262 g/mol. The van der Waals surface area contributed by atoms with Crippen molar-refractivity contribution in [2.45, 2.75) is 32.4 Å². The number of nitrogens with zero attached hydrogens (tertiary/aromatic N) is 1. The highest BCUT2D eigenvalue weighted by Gasteiger charge is 2.11. The highest BCUT2D eigenvalue weighted by Crippen LogP contribution is 2.19. The second-order valence-electron chi connectivity index (χ2n) is 4.43. The minimum Gasteiger partial charge on any atom is -0.389 e. The van der Waals surface area contributed by atoms with Gasteiger partial charge in [-0.05, 0) is 38.2 Å². The van der Waals surface area contributed by atoms with Crippen LogP contribution < -0.4 is 11.1 Å². The van der Waals surface area contributed by atoms with Crippen molar-refractivity contribution in [3.05, 3.63) is 22.9 Å². The lowest BCUT2D eigenvalue weighted by Gasteiger charge is -2.15. The molecule has 1 unspecified atom stereocenters. The lowest BCUT2D eigenvalue weighted by Crippen LogP contribution is -2.18. The van der Waals surface area contributed by atoms with Crippen molar-refractivity contribution in [1.82, 2.24) is 4.98 Å². The normalized spacial score (nSPS) is 12.2. The Morgan fingerprint density at radius 2 is 2.22 bits per heavy atom. The molecule has 0 spiro atoms. The number of thiocarbonyl (C=S) groups is 1. The van der Waals surface area contributed by atoms with Gasteiger partial charge in [0, 0.05) is 17.5 Å². The zero-order chi connectivity index (χ0) is 13.7. The lowest BCUT2D eigenvalue weighted by atomic mass is 10.1. The van der Waals surface area contributed by atoms with Crippen molar-refractivity contribution in [1.29, 1.82) is 0 Å². The third-order valence-corrected chi connectivity index (χ3v) is 4.08. The molecule has 0 aliphatic carbocycles. The zero-order valence-corrected chi connectivity index (χ0v) is 13.0. The second-order valence-corrected chi connectivity index (χ2v) is 6.15. The first-order chi connectivity index (χ1) is 8.45. The van der Waals surface area contributed by atoms with Gasteiger partial charge in [0.05, 0.1) is 5.56 Å². The standard InChI is InChI=1S/C13H21N3S2/c1-8-7-9(2)16-13(11(8)12(14)17)15-6-5-10(3)18-4/h7,10H,5-6H2,1-4H3,(H2,14,17)(H,15,16). The van der Waals surface area contributed by atoms with Crippen LogP contribution >= 0.6 is 24.0 Å². The van der Waals surface area contributed by atoms with Gasteiger partial charge in [-0.3, -0.25) is 0 Å². The molecule has 0 bridgehead atoms. The topological polar surface area (TPSA) is 50.9 Å². The van der Waals surface area contributed by atoms with Gasteiger partial charge < -0.3 is 11.1 Å². The van der Waals surface area contributed by atoms with Crippen molar-refractivity contribution in [3.8, 4) is 0 Å². The van der Waals surface area contributed by atoms with E-state index in [1.807, 2.05) is 31.7 Å². The van der Waals surface area contributed by atoms with Crippen LogP contribution in [0.1, 0.15) is 30.2 Å². The van der Waals surface area contributed by atoms with E-state index in [0.29, 0.717) is 10.2 Å². The maximum absolute atomic E-state index is 5.77. The summed E-state index contributed by atoms with van der Waals surface area (Å²) >= 11 is 6.96. The SMILES string of the molecule is CSC(C)CCNc1nc(C)cc(C)c1C(N)=S. The molecule has 1 atom stereocenters. The summed E-state index contributed by atoms with van der Waals surface area (Å²) in [6.45, 7) is 7.09. The minimum absolute atomic E-state index is 0.403. The largest absolute Gasteiger partial charge is 0.389 e. The number of aromatic nitrogens is 1. The second kappa shape index (κ2) is 6.95. The van der Waals surface area contributed by atoms with Gasteiger partial charge in [-0.2, -0.15) is 11.8 Å². The van der Waals surface area contributed by atoms with Gasteiger partial charge in [0.2, 0.25) is 0 Å². The molecule has 1 aromatic heterocycles. The quantitative estimate of drug-likeness (QED) is 0.786. The van der Waals surface area contributed by atoms with Crippen molar-refractivity contribution < 1.29 is 0 Å². The van der Waals surface area contributed by atoms with E-state index in [1.54, 1.807) is 0 Å². The summed E-state index contributed by atoms with van der Waals surface area (Å²) in [5.74, 6) is 0.813. The molecule has 18 heavy (non-hydrogen) atoms. The van der Waals surface area contributed by atoms with Gasteiger partial charge in [0.1, 0.15) is 10.8 Å². The number of rotatable bonds is 6. The van der Waals surface area contributed by atoms with Crippen LogP contribution in [0.15, 0.2) is 6.07 Å². The Morgan fingerprint density at radius 3 is 2.78 bits per heavy atom. The van der Waals surface area contributed by atoms with Crippen LogP contribution in [0, 0.1) is 13.8 Å². The van der Waals surface area contributed by atoms with E-state index in [0.717, 1.165) is 35.6 Å². The van der Waals surface area contributed by atoms with Gasteiger partial charge >= 0.3 is 0 Å². The zero-order valence-electron chi connectivity index (χ0n) is 11.4. The third-order valence-electron chi connectivity index (χ3n) is 2.84. The fourth-order valence-corrected chi connectivity index (χ4v) is 2.40. The molecule has 0 aliphatic rings. The number of nitrogens with one attached hydrogen (secondary N) is 1. The highest BCUT2D eigenvalue weighted by atomic mass is 32.2. The summed E-state index contributed by atoms with van der Waals surface area (Å²) in [5.41, 5.74) is 8.70. The Hall–Kier alpha value is -0.810. The number of hydrogen-bond acceptors (Lipinski definition) is 4. The Morgan fingerprint density at radius 1 is 1.56 bits per heavy atom. The van der Waals surface area contributed by atoms with E-state index in [4.69, 9.17) is 18.0 Å². The maximum atomic E-state index is 5.77. The Kier molecular flexibility index (Phi) is 5.88. The van der Waals surface area contributed by atoms with E-state index >= 15 is 0 Å². The molecule has 0 fully saturated rings. The number of nitrogens with two attached hydrogens (primary N) is 1. The summed E-state index contributed by atoms with van der Waals surface area (Å²) < 4.78 is 0. The van der Waals surface area contributed by atoms with E-state index in [1.165, 1.54) is 0 Å². The van der Waals surface area contributed by atoms with Crippen LogP contribution in [-0.4, -0.2) is 28.0 Å². The molecule has 3 N–H and O–H groups in total. The Bertz CT molecular complexity index is 432. The molecule has 0 amide bonds. The van der Waals surface area contributed by atoms with Crippen LogP contribution in [0.25, 0.3) is 0 Å². The van der Waals surface area contributed by atoms with Crippen molar-refractivity contribution in [2.75, 3.05) is 18.1 Å². The van der Waals surface area contributed by atoms with Crippen molar-refractivity contribution in [3.63, 3.8) is 0 Å². The summed E-state index contributed by atoms with van der Waals surface area (Å²) in [5, 5.41) is 3.99. The first kappa shape index (κ1) is 15.2. The number of thioether (sulfide) groups is 1. The Balaban J connectivity index is 2.83. The predicted octanol–water partition coefficient (Wildman–Crippen LogP) is 2.89. The van der Waals surface area contributed by atoms with Gasteiger partial charge in [0.15, 0.2) is 0 Å². The average Bonchev–Trinajstić information content (AvgIpc) is 2.27. The molecule has 0 aliphatic heterocycles.